The van der Waals surface area contributed by atoms with E-state index in [1.807, 2.05) is 0 Å². The number of hydrogen-bond donors (Lipinski definition) is 0. The molecule has 0 aliphatic heterocycles. The molecule has 4 nitrogen and oxygen atoms in total. The molecule has 0 unspecified atom stereocenters. The van der Waals surface area contributed by atoms with E-state index >= 15 is 0 Å². The molecule has 0 bridgehead atoms. The summed E-state index contributed by atoms with van der Waals surface area (Å²) in [6, 6.07) is 8.30. The van der Waals surface area contributed by atoms with Gasteiger partial charge in [-0.05, 0) is 55.7 Å². The van der Waals surface area contributed by atoms with Crippen molar-refractivity contribution in [3.63, 3.8) is 0 Å². The first-order valence-corrected chi connectivity index (χ1v) is 18.8. The molecule has 0 spiro atoms. The van der Waals surface area contributed by atoms with Crippen LogP contribution in [0, 0.1) is 23.7 Å². The van der Waals surface area contributed by atoms with E-state index in [4.69, 9.17) is 0 Å². The van der Waals surface area contributed by atoms with Crippen molar-refractivity contribution < 1.29 is 9.13 Å². The molecule has 250 valence electrons. The van der Waals surface area contributed by atoms with Gasteiger partial charge in [0.2, 0.25) is 24.0 Å². The molecule has 0 radical (unpaired) electrons. The summed E-state index contributed by atoms with van der Waals surface area (Å²) in [5.41, 5.74) is 4.08. The van der Waals surface area contributed by atoms with Crippen LogP contribution in [0.2, 0.25) is 0 Å². The Morgan fingerprint density at radius 3 is 1.20 bits per heavy atom. The summed E-state index contributed by atoms with van der Waals surface area (Å²) in [6.45, 7) is 6.70. The van der Waals surface area contributed by atoms with Crippen molar-refractivity contribution >= 4 is 0 Å². The van der Waals surface area contributed by atoms with Crippen LogP contribution >= 0.6 is 0 Å². The van der Waals surface area contributed by atoms with E-state index in [0.29, 0.717) is 0 Å². The van der Waals surface area contributed by atoms with E-state index in [1.54, 1.807) is 0 Å². The Hall–Kier alpha value is -3.24. The minimum atomic E-state index is 0.997. The van der Waals surface area contributed by atoms with Gasteiger partial charge in [-0.15, -0.1) is 0 Å². The summed E-state index contributed by atoms with van der Waals surface area (Å²) in [4.78, 5) is 0. The Balaban J connectivity index is 1.40. The van der Waals surface area contributed by atoms with Crippen LogP contribution in [-0.2, 0) is 27.2 Å². The van der Waals surface area contributed by atoms with E-state index in [0.717, 1.165) is 35.6 Å². The SMILES string of the molecule is CCCCCCCCCCCC[n+]1cc(C#Cc2cccc(C#Cc3c[n+](CCCCCCCCCCCC)cn3C)c2)n(C)c1. The standard InChI is InChI=1S/C42H64N4/c1-5-7-9-11-13-15-17-19-21-23-32-45-35-41(43(3)37-45)30-28-39-26-25-27-40(34-39)29-31-42-36-46(38-44(42)4)33-24-22-20-18-16-14-12-10-8-6-2/h25-27,34-38H,5-24,32-33H2,1-4H3/q+2. The van der Waals surface area contributed by atoms with Gasteiger partial charge in [-0.25, -0.2) is 18.3 Å². The molecule has 46 heavy (non-hydrogen) atoms. The van der Waals surface area contributed by atoms with Gasteiger partial charge in [-0.1, -0.05) is 134 Å². The quantitative estimate of drug-likeness (QED) is 0.0602. The summed E-state index contributed by atoms with van der Waals surface area (Å²) in [5.74, 6) is 13.5. The minimum absolute atomic E-state index is 0.997. The summed E-state index contributed by atoms with van der Waals surface area (Å²) in [7, 11) is 4.17. The van der Waals surface area contributed by atoms with Crippen molar-refractivity contribution in [3.05, 3.63) is 71.8 Å². The van der Waals surface area contributed by atoms with Crippen LogP contribution < -0.4 is 9.13 Å². The molecule has 0 N–H and O–H groups in total. The summed E-state index contributed by atoms with van der Waals surface area (Å²) < 4.78 is 8.85. The van der Waals surface area contributed by atoms with Crippen molar-refractivity contribution in [1.82, 2.24) is 9.13 Å². The fourth-order valence-electron chi connectivity index (χ4n) is 6.13. The molecular formula is C42H64N4+2. The fraction of sp³-hybridized carbons (Fsp3) is 0.619. The maximum Gasteiger partial charge on any atom is 0.244 e. The molecule has 0 fully saturated rings. The third-order valence-corrected chi connectivity index (χ3v) is 9.05. The van der Waals surface area contributed by atoms with Crippen LogP contribution in [0.4, 0.5) is 0 Å². The topological polar surface area (TPSA) is 17.6 Å². The van der Waals surface area contributed by atoms with Crippen LogP contribution in [0.25, 0.3) is 0 Å². The lowest BCUT2D eigenvalue weighted by Crippen LogP contribution is -2.30. The first kappa shape index (κ1) is 37.2. The molecule has 3 rings (SSSR count). The average molecular weight is 625 g/mol. The van der Waals surface area contributed by atoms with E-state index in [1.165, 1.54) is 128 Å². The van der Waals surface area contributed by atoms with Crippen molar-refractivity contribution in [2.45, 2.75) is 155 Å². The Morgan fingerprint density at radius 2 is 0.826 bits per heavy atom. The molecule has 0 aliphatic rings. The molecule has 4 heteroatoms. The van der Waals surface area contributed by atoms with Gasteiger partial charge in [0.1, 0.15) is 12.4 Å². The van der Waals surface area contributed by atoms with E-state index in [-0.39, 0.29) is 0 Å². The van der Waals surface area contributed by atoms with Crippen LogP contribution in [0.5, 0.6) is 0 Å². The predicted molar refractivity (Wildman–Crippen MR) is 193 cm³/mol. The van der Waals surface area contributed by atoms with Crippen LogP contribution in [0.15, 0.2) is 49.3 Å². The monoisotopic (exact) mass is 625 g/mol. The summed E-state index contributed by atoms with van der Waals surface area (Å²) >= 11 is 0. The van der Waals surface area contributed by atoms with E-state index in [2.05, 4.69) is 119 Å². The Kier molecular flexibility index (Phi) is 18.7. The Morgan fingerprint density at radius 1 is 0.478 bits per heavy atom. The summed E-state index contributed by atoms with van der Waals surface area (Å²) in [5, 5.41) is 0. The van der Waals surface area contributed by atoms with Crippen molar-refractivity contribution in [2.24, 2.45) is 14.1 Å². The molecule has 3 aromatic rings. The zero-order valence-electron chi connectivity index (χ0n) is 30.0. The smallest absolute Gasteiger partial charge is 0.235 e. The predicted octanol–water partition coefficient (Wildman–Crippen LogP) is 9.58. The van der Waals surface area contributed by atoms with Crippen molar-refractivity contribution in [1.29, 1.82) is 0 Å². The largest absolute Gasteiger partial charge is 0.244 e. The van der Waals surface area contributed by atoms with Gasteiger partial charge in [-0.3, -0.25) is 0 Å². The number of rotatable bonds is 22. The molecule has 0 amide bonds. The van der Waals surface area contributed by atoms with Gasteiger partial charge in [0, 0.05) is 11.1 Å². The zero-order chi connectivity index (χ0) is 32.7. The average Bonchev–Trinajstić information content (AvgIpc) is 3.60. The first-order valence-electron chi connectivity index (χ1n) is 18.8. The minimum Gasteiger partial charge on any atom is -0.235 e. The highest BCUT2D eigenvalue weighted by atomic mass is 15.1. The third kappa shape index (κ3) is 15.4. The Bertz CT molecular complexity index is 1270. The Labute approximate surface area is 282 Å². The van der Waals surface area contributed by atoms with Crippen LogP contribution in [-0.4, -0.2) is 9.13 Å². The second-order valence-electron chi connectivity index (χ2n) is 13.4. The molecular weight excluding hydrogens is 560 g/mol. The number of hydrogen-bond acceptors (Lipinski definition) is 0. The number of benzene rings is 1. The normalized spacial score (nSPS) is 10.9. The molecule has 0 aliphatic carbocycles. The summed E-state index contributed by atoms with van der Waals surface area (Å²) in [6.07, 6.45) is 36.1. The van der Waals surface area contributed by atoms with Crippen molar-refractivity contribution in [2.75, 3.05) is 0 Å². The molecule has 0 saturated carbocycles. The van der Waals surface area contributed by atoms with Gasteiger partial charge >= 0.3 is 0 Å². The molecule has 0 atom stereocenters. The van der Waals surface area contributed by atoms with Crippen LogP contribution in [0.3, 0.4) is 0 Å². The maximum atomic E-state index is 3.38. The highest BCUT2D eigenvalue weighted by molar-refractivity contribution is 5.47. The lowest BCUT2D eigenvalue weighted by atomic mass is 10.1. The number of aryl methyl sites for hydroxylation is 4. The van der Waals surface area contributed by atoms with E-state index in [9.17, 15) is 0 Å². The van der Waals surface area contributed by atoms with Gasteiger partial charge in [0.25, 0.3) is 0 Å². The highest BCUT2D eigenvalue weighted by Crippen LogP contribution is 2.12. The second-order valence-corrected chi connectivity index (χ2v) is 13.4. The molecule has 2 heterocycles. The van der Waals surface area contributed by atoms with Gasteiger partial charge in [-0.2, -0.15) is 0 Å². The van der Waals surface area contributed by atoms with Gasteiger partial charge < -0.3 is 0 Å². The molecule has 0 saturated heterocycles. The molecule has 1 aromatic carbocycles. The first-order chi connectivity index (χ1) is 22.6. The van der Waals surface area contributed by atoms with Crippen LogP contribution in [0.1, 0.15) is 165 Å². The third-order valence-electron chi connectivity index (χ3n) is 9.05. The van der Waals surface area contributed by atoms with Gasteiger partial charge in [0.05, 0.1) is 27.2 Å². The zero-order valence-corrected chi connectivity index (χ0v) is 30.0. The number of aromatic nitrogens is 4. The molecule has 2 aromatic heterocycles. The van der Waals surface area contributed by atoms with Gasteiger partial charge in [0.15, 0.2) is 0 Å². The van der Waals surface area contributed by atoms with E-state index < -0.39 is 0 Å². The second kappa shape index (κ2) is 23.1. The van der Waals surface area contributed by atoms with Crippen molar-refractivity contribution in [3.8, 4) is 23.7 Å². The number of nitrogens with zero attached hydrogens (tertiary/aromatic N) is 4. The maximum absolute atomic E-state index is 3.38. The lowest BCUT2D eigenvalue weighted by Gasteiger charge is -2.01. The number of imidazole rings is 2. The highest BCUT2D eigenvalue weighted by Gasteiger charge is 2.09. The number of unbranched alkanes of at least 4 members (excludes halogenated alkanes) is 18. The fourth-order valence-corrected chi connectivity index (χ4v) is 6.13. The lowest BCUT2D eigenvalue weighted by molar-refractivity contribution is -0.697.